The van der Waals surface area contributed by atoms with Gasteiger partial charge in [0.2, 0.25) is 5.91 Å². The van der Waals surface area contributed by atoms with Gasteiger partial charge in [0.1, 0.15) is 5.82 Å². The lowest BCUT2D eigenvalue weighted by Crippen LogP contribution is -2.28. The fraction of sp³-hybridized carbons (Fsp3) is 0.316. The zero-order chi connectivity index (χ0) is 18.6. The van der Waals surface area contributed by atoms with Crippen molar-refractivity contribution >= 4 is 40.3 Å². The molecule has 5 nitrogen and oxygen atoms in total. The number of carbonyl (C=O) groups is 1. The number of hydrogen-bond donors (Lipinski definition) is 2. The number of anilines is 1. The van der Waals surface area contributed by atoms with Gasteiger partial charge < -0.3 is 11.1 Å². The molecule has 1 amide bonds. The van der Waals surface area contributed by atoms with Gasteiger partial charge in [-0.1, -0.05) is 47.6 Å². The Morgan fingerprint density at radius 1 is 1.38 bits per heavy atom. The van der Waals surface area contributed by atoms with Crippen LogP contribution < -0.4 is 11.1 Å². The number of hydrogen-bond acceptors (Lipinski definition) is 5. The first kappa shape index (κ1) is 18.7. The smallest absolute Gasteiger partial charge is 0.225 e. The third kappa shape index (κ3) is 4.77. The fourth-order valence-corrected chi connectivity index (χ4v) is 3.96. The predicted octanol–water partition coefficient (Wildman–Crippen LogP) is 3.97. The Morgan fingerprint density at radius 2 is 2.23 bits per heavy atom. The van der Waals surface area contributed by atoms with E-state index in [0.29, 0.717) is 28.8 Å². The number of nitrogens with zero attached hydrogens (tertiary/aromatic N) is 2. The van der Waals surface area contributed by atoms with E-state index in [2.05, 4.69) is 34.3 Å². The maximum absolute atomic E-state index is 12.1. The molecule has 2 heterocycles. The average Bonchev–Trinajstić information content (AvgIpc) is 2.62. The highest BCUT2D eigenvalue weighted by atomic mass is 35.5. The molecule has 0 bridgehead atoms. The predicted molar refractivity (Wildman–Crippen MR) is 109 cm³/mol. The monoisotopic (exact) mass is 388 g/mol. The van der Waals surface area contributed by atoms with Crippen molar-refractivity contribution in [2.75, 3.05) is 11.1 Å². The highest BCUT2D eigenvalue weighted by Gasteiger charge is 2.29. The number of aryl methyl sites for hydroxylation is 1. The number of aromatic nitrogens is 1. The Balaban J connectivity index is 1.63. The summed E-state index contributed by atoms with van der Waals surface area (Å²) in [5.41, 5.74) is 7.87. The summed E-state index contributed by atoms with van der Waals surface area (Å²) < 4.78 is 0. The van der Waals surface area contributed by atoms with Crippen molar-refractivity contribution in [2.45, 2.75) is 31.7 Å². The summed E-state index contributed by atoms with van der Waals surface area (Å²) in [5.74, 6) is 1.39. The standard InChI is InChI=1S/C19H21ClN4OS/c1-19(9-10-26-18(21)24-19)14-4-2-3-13(11-14)5-8-17(25)23-16-7-6-15(20)12-22-16/h2-4,6-7,11-12H,5,8-10H2,1H3,(H2,21,24)(H,22,23,25). The van der Waals surface area contributed by atoms with Gasteiger partial charge in [0, 0.05) is 18.4 Å². The zero-order valence-electron chi connectivity index (χ0n) is 14.5. The minimum absolute atomic E-state index is 0.0761. The highest BCUT2D eigenvalue weighted by molar-refractivity contribution is 8.13. The third-order valence-corrected chi connectivity index (χ3v) is 5.40. The van der Waals surface area contributed by atoms with Crippen LogP contribution in [0.4, 0.5) is 5.82 Å². The van der Waals surface area contributed by atoms with E-state index in [1.54, 1.807) is 23.9 Å². The van der Waals surface area contributed by atoms with E-state index in [9.17, 15) is 4.79 Å². The summed E-state index contributed by atoms with van der Waals surface area (Å²) in [5, 5.41) is 3.96. The lowest BCUT2D eigenvalue weighted by atomic mass is 9.88. The second kappa shape index (κ2) is 8.10. The Morgan fingerprint density at radius 3 is 2.96 bits per heavy atom. The molecule has 2 aromatic rings. The van der Waals surface area contributed by atoms with Crippen LogP contribution in [-0.2, 0) is 16.8 Å². The number of amidine groups is 1. The van der Waals surface area contributed by atoms with Gasteiger partial charge in [-0.2, -0.15) is 0 Å². The SMILES string of the molecule is CC1(c2cccc(CCC(=O)Nc3ccc(Cl)cn3)c2)CCSC(N)=N1. The van der Waals surface area contributed by atoms with Crippen LogP contribution in [0.1, 0.15) is 30.9 Å². The number of aliphatic imine (C=N–C) groups is 1. The van der Waals surface area contributed by atoms with Crippen LogP contribution >= 0.6 is 23.4 Å². The number of pyridine rings is 1. The summed E-state index contributed by atoms with van der Waals surface area (Å²) in [7, 11) is 0. The normalized spacial score (nSPS) is 19.7. The van der Waals surface area contributed by atoms with Crippen molar-refractivity contribution in [1.82, 2.24) is 4.98 Å². The Bertz CT molecular complexity index is 825. The molecule has 7 heteroatoms. The van der Waals surface area contributed by atoms with Crippen molar-refractivity contribution in [3.05, 3.63) is 58.7 Å². The van der Waals surface area contributed by atoms with Gasteiger partial charge in [-0.3, -0.25) is 9.79 Å². The first-order valence-corrected chi connectivity index (χ1v) is 9.80. The van der Waals surface area contributed by atoms with E-state index >= 15 is 0 Å². The van der Waals surface area contributed by atoms with Gasteiger partial charge in [-0.05, 0) is 43.0 Å². The van der Waals surface area contributed by atoms with Crippen LogP contribution in [-0.4, -0.2) is 21.8 Å². The topological polar surface area (TPSA) is 80.4 Å². The molecule has 0 saturated heterocycles. The largest absolute Gasteiger partial charge is 0.379 e. The second-order valence-corrected chi connectivity index (χ2v) is 7.98. The van der Waals surface area contributed by atoms with Gasteiger partial charge in [0.25, 0.3) is 0 Å². The summed E-state index contributed by atoms with van der Waals surface area (Å²) in [6.07, 6.45) is 3.49. The van der Waals surface area contributed by atoms with Crippen molar-refractivity contribution in [3.8, 4) is 0 Å². The number of thioether (sulfide) groups is 1. The maximum atomic E-state index is 12.1. The summed E-state index contributed by atoms with van der Waals surface area (Å²) in [6, 6.07) is 11.6. The summed E-state index contributed by atoms with van der Waals surface area (Å²) in [6.45, 7) is 2.11. The van der Waals surface area contributed by atoms with E-state index in [0.717, 1.165) is 23.3 Å². The molecule has 1 atom stereocenters. The molecule has 0 fully saturated rings. The molecule has 0 saturated carbocycles. The molecule has 1 aliphatic rings. The second-order valence-electron chi connectivity index (χ2n) is 6.43. The molecule has 136 valence electrons. The van der Waals surface area contributed by atoms with Crippen molar-refractivity contribution in [2.24, 2.45) is 10.7 Å². The molecule has 1 aliphatic heterocycles. The summed E-state index contributed by atoms with van der Waals surface area (Å²) in [4.78, 5) is 20.9. The number of nitrogens with two attached hydrogens (primary N) is 1. The van der Waals surface area contributed by atoms with Crippen LogP contribution in [0.15, 0.2) is 47.6 Å². The Kier molecular flexibility index (Phi) is 5.84. The zero-order valence-corrected chi connectivity index (χ0v) is 16.1. The van der Waals surface area contributed by atoms with Gasteiger partial charge in [0.15, 0.2) is 5.17 Å². The van der Waals surface area contributed by atoms with E-state index < -0.39 is 0 Å². The van der Waals surface area contributed by atoms with E-state index in [4.69, 9.17) is 17.3 Å². The number of carbonyl (C=O) groups excluding carboxylic acids is 1. The molecule has 1 unspecified atom stereocenters. The molecular formula is C19H21ClN4OS. The summed E-state index contributed by atoms with van der Waals surface area (Å²) >= 11 is 7.39. The molecule has 0 aliphatic carbocycles. The Labute approximate surface area is 162 Å². The lowest BCUT2D eigenvalue weighted by Gasteiger charge is -2.30. The quantitative estimate of drug-likeness (QED) is 0.811. The van der Waals surface area contributed by atoms with Crippen LogP contribution in [0.5, 0.6) is 0 Å². The third-order valence-electron chi connectivity index (χ3n) is 4.38. The van der Waals surface area contributed by atoms with E-state index in [-0.39, 0.29) is 11.4 Å². The van der Waals surface area contributed by atoms with Gasteiger partial charge >= 0.3 is 0 Å². The van der Waals surface area contributed by atoms with Gasteiger partial charge in [0.05, 0.1) is 10.6 Å². The maximum Gasteiger partial charge on any atom is 0.225 e. The fourth-order valence-electron chi connectivity index (χ4n) is 2.87. The minimum atomic E-state index is -0.291. The molecule has 1 aromatic carbocycles. The van der Waals surface area contributed by atoms with Crippen LogP contribution in [0.3, 0.4) is 0 Å². The first-order chi connectivity index (χ1) is 12.4. The molecule has 0 spiro atoms. The van der Waals surface area contributed by atoms with E-state index in [1.807, 2.05) is 12.1 Å². The van der Waals surface area contributed by atoms with Gasteiger partial charge in [-0.15, -0.1) is 0 Å². The molecule has 1 aromatic heterocycles. The molecule has 3 rings (SSSR count). The number of halogens is 1. The first-order valence-electron chi connectivity index (χ1n) is 8.43. The molecule has 26 heavy (non-hydrogen) atoms. The molecule has 0 radical (unpaired) electrons. The average molecular weight is 389 g/mol. The van der Waals surface area contributed by atoms with Crippen molar-refractivity contribution < 1.29 is 4.79 Å². The lowest BCUT2D eigenvalue weighted by molar-refractivity contribution is -0.116. The minimum Gasteiger partial charge on any atom is -0.379 e. The number of benzene rings is 1. The highest BCUT2D eigenvalue weighted by Crippen LogP contribution is 2.35. The number of nitrogens with one attached hydrogen (secondary N) is 1. The van der Waals surface area contributed by atoms with Crippen LogP contribution in [0, 0.1) is 0 Å². The molecule has 3 N–H and O–H groups in total. The number of rotatable bonds is 5. The van der Waals surface area contributed by atoms with Crippen LogP contribution in [0.2, 0.25) is 5.02 Å². The van der Waals surface area contributed by atoms with Crippen LogP contribution in [0.25, 0.3) is 0 Å². The number of amides is 1. The Hall–Kier alpha value is -2.05. The van der Waals surface area contributed by atoms with Crippen molar-refractivity contribution in [1.29, 1.82) is 0 Å². The van der Waals surface area contributed by atoms with Crippen molar-refractivity contribution in [3.63, 3.8) is 0 Å². The van der Waals surface area contributed by atoms with E-state index in [1.165, 1.54) is 6.20 Å². The van der Waals surface area contributed by atoms with Gasteiger partial charge in [-0.25, -0.2) is 4.98 Å². The molecular weight excluding hydrogens is 368 g/mol.